The van der Waals surface area contributed by atoms with E-state index >= 15 is 0 Å². The van der Waals surface area contributed by atoms with E-state index < -0.39 is 11.9 Å². The van der Waals surface area contributed by atoms with Crippen LogP contribution in [0.5, 0.6) is 0 Å². The first-order valence-corrected chi connectivity index (χ1v) is 5.08. The van der Waals surface area contributed by atoms with E-state index in [1.807, 2.05) is 0 Å². The zero-order valence-corrected chi connectivity index (χ0v) is 9.87. The van der Waals surface area contributed by atoms with Gasteiger partial charge in [0.05, 0.1) is 7.11 Å². The Hall–Kier alpha value is -2.44. The van der Waals surface area contributed by atoms with E-state index in [1.165, 1.54) is 24.1 Å². The van der Waals surface area contributed by atoms with E-state index in [-0.39, 0.29) is 12.2 Å². The van der Waals surface area contributed by atoms with Gasteiger partial charge in [0.2, 0.25) is 0 Å². The van der Waals surface area contributed by atoms with Gasteiger partial charge < -0.3 is 14.7 Å². The van der Waals surface area contributed by atoms with Crippen LogP contribution in [0.3, 0.4) is 0 Å². The highest BCUT2D eigenvalue weighted by Gasteiger charge is 2.13. The zero-order chi connectivity index (χ0) is 13.5. The Morgan fingerprint density at radius 1 is 1.50 bits per heavy atom. The molecule has 7 heteroatoms. The molecule has 1 aromatic rings. The first-order chi connectivity index (χ1) is 8.58. The molecule has 0 aliphatic carbocycles. The SMILES string of the molecule is C=CCN(CC(=O)O)c1ccc(C(=O)OC)nn1. The summed E-state index contributed by atoms with van der Waals surface area (Å²) in [5.41, 5.74) is 0.0649. The van der Waals surface area contributed by atoms with Crippen LogP contribution in [0, 0.1) is 0 Å². The van der Waals surface area contributed by atoms with Crippen molar-refractivity contribution in [3.8, 4) is 0 Å². The highest BCUT2D eigenvalue weighted by atomic mass is 16.5. The predicted molar refractivity (Wildman–Crippen MR) is 63.4 cm³/mol. The summed E-state index contributed by atoms with van der Waals surface area (Å²) in [4.78, 5) is 23.3. The highest BCUT2D eigenvalue weighted by molar-refractivity contribution is 5.87. The minimum atomic E-state index is -0.990. The molecule has 1 aromatic heterocycles. The van der Waals surface area contributed by atoms with E-state index in [0.29, 0.717) is 12.4 Å². The summed E-state index contributed by atoms with van der Waals surface area (Å²) in [5, 5.41) is 16.2. The van der Waals surface area contributed by atoms with E-state index in [1.54, 1.807) is 6.08 Å². The molecule has 0 saturated carbocycles. The van der Waals surface area contributed by atoms with Crippen molar-refractivity contribution in [3.05, 3.63) is 30.5 Å². The van der Waals surface area contributed by atoms with E-state index in [9.17, 15) is 9.59 Å². The number of esters is 1. The minimum Gasteiger partial charge on any atom is -0.480 e. The summed E-state index contributed by atoms with van der Waals surface area (Å²) < 4.78 is 4.48. The van der Waals surface area contributed by atoms with Crippen LogP contribution in [-0.2, 0) is 9.53 Å². The maximum absolute atomic E-state index is 11.1. The van der Waals surface area contributed by atoms with Gasteiger partial charge in [0.15, 0.2) is 11.5 Å². The summed E-state index contributed by atoms with van der Waals surface area (Å²) in [6.45, 7) is 3.63. The summed E-state index contributed by atoms with van der Waals surface area (Å²) >= 11 is 0. The number of carbonyl (C=O) groups excluding carboxylic acids is 1. The molecule has 0 aromatic carbocycles. The van der Waals surface area contributed by atoms with Gasteiger partial charge in [0.25, 0.3) is 0 Å². The first kappa shape index (κ1) is 13.6. The molecule has 0 saturated heterocycles. The molecule has 0 atom stereocenters. The quantitative estimate of drug-likeness (QED) is 0.575. The monoisotopic (exact) mass is 251 g/mol. The van der Waals surface area contributed by atoms with Crippen LogP contribution in [0.25, 0.3) is 0 Å². The highest BCUT2D eigenvalue weighted by Crippen LogP contribution is 2.09. The molecule has 1 rings (SSSR count). The van der Waals surface area contributed by atoms with Gasteiger partial charge >= 0.3 is 11.9 Å². The molecular weight excluding hydrogens is 238 g/mol. The number of rotatable bonds is 6. The number of nitrogens with zero attached hydrogens (tertiary/aromatic N) is 3. The van der Waals surface area contributed by atoms with Crippen LogP contribution in [0.1, 0.15) is 10.5 Å². The Labute approximate surface area is 104 Å². The predicted octanol–water partition coefficient (Wildman–Crippen LogP) is 0.340. The normalized spacial score (nSPS) is 9.61. The molecule has 18 heavy (non-hydrogen) atoms. The fourth-order valence-corrected chi connectivity index (χ4v) is 1.27. The number of carboxylic acid groups (broad SMARTS) is 1. The van der Waals surface area contributed by atoms with Crippen molar-refractivity contribution in [3.63, 3.8) is 0 Å². The third-order valence-corrected chi connectivity index (χ3v) is 2.04. The molecule has 0 fully saturated rings. The van der Waals surface area contributed by atoms with Crippen molar-refractivity contribution in [1.29, 1.82) is 0 Å². The smallest absolute Gasteiger partial charge is 0.358 e. The van der Waals surface area contributed by atoms with Crippen molar-refractivity contribution in [1.82, 2.24) is 10.2 Å². The lowest BCUT2D eigenvalue weighted by molar-refractivity contribution is -0.135. The van der Waals surface area contributed by atoms with E-state index in [0.717, 1.165) is 0 Å². The van der Waals surface area contributed by atoms with Gasteiger partial charge in [-0.05, 0) is 12.1 Å². The van der Waals surface area contributed by atoms with Gasteiger partial charge in [0, 0.05) is 6.54 Å². The second-order valence-corrected chi connectivity index (χ2v) is 3.33. The molecule has 0 bridgehead atoms. The average molecular weight is 251 g/mol. The molecule has 7 nitrogen and oxygen atoms in total. The topological polar surface area (TPSA) is 92.6 Å². The van der Waals surface area contributed by atoms with Crippen LogP contribution >= 0.6 is 0 Å². The number of hydrogen-bond acceptors (Lipinski definition) is 6. The molecule has 0 spiro atoms. The molecule has 0 aliphatic rings. The molecular formula is C11H13N3O4. The molecule has 0 radical (unpaired) electrons. The van der Waals surface area contributed by atoms with Gasteiger partial charge in [0.1, 0.15) is 6.54 Å². The minimum absolute atomic E-state index is 0.0649. The van der Waals surface area contributed by atoms with E-state index in [2.05, 4.69) is 21.5 Å². The number of aliphatic carboxylic acids is 1. The van der Waals surface area contributed by atoms with Crippen LogP contribution in [0.4, 0.5) is 5.82 Å². The van der Waals surface area contributed by atoms with Crippen LogP contribution < -0.4 is 4.90 Å². The molecule has 96 valence electrons. The number of hydrogen-bond donors (Lipinski definition) is 1. The maximum atomic E-state index is 11.1. The van der Waals surface area contributed by atoms with Gasteiger partial charge in [-0.2, -0.15) is 0 Å². The maximum Gasteiger partial charge on any atom is 0.358 e. The largest absolute Gasteiger partial charge is 0.480 e. The summed E-state index contributed by atoms with van der Waals surface area (Å²) in [7, 11) is 1.24. The fraction of sp³-hybridized carbons (Fsp3) is 0.273. The van der Waals surface area contributed by atoms with Crippen LogP contribution in [0.15, 0.2) is 24.8 Å². The lowest BCUT2D eigenvalue weighted by Gasteiger charge is -2.18. The third-order valence-electron chi connectivity index (χ3n) is 2.04. The fourth-order valence-electron chi connectivity index (χ4n) is 1.27. The Morgan fingerprint density at radius 3 is 2.67 bits per heavy atom. The second kappa shape index (κ2) is 6.33. The molecule has 1 N–H and O–H groups in total. The van der Waals surface area contributed by atoms with Gasteiger partial charge in [-0.15, -0.1) is 16.8 Å². The lowest BCUT2D eigenvalue weighted by Crippen LogP contribution is -2.30. The summed E-state index contributed by atoms with van der Waals surface area (Å²) in [6.07, 6.45) is 1.55. The van der Waals surface area contributed by atoms with E-state index in [4.69, 9.17) is 5.11 Å². The van der Waals surface area contributed by atoms with Crippen molar-refractivity contribution in [2.24, 2.45) is 0 Å². The molecule has 0 aliphatic heterocycles. The lowest BCUT2D eigenvalue weighted by atomic mass is 10.3. The van der Waals surface area contributed by atoms with Crippen LogP contribution in [0.2, 0.25) is 0 Å². The second-order valence-electron chi connectivity index (χ2n) is 3.33. The number of ether oxygens (including phenoxy) is 1. The number of carboxylic acids is 1. The average Bonchev–Trinajstić information content (AvgIpc) is 2.37. The molecule has 1 heterocycles. The Kier molecular flexibility index (Phi) is 4.79. The Balaban J connectivity index is 2.89. The zero-order valence-electron chi connectivity index (χ0n) is 9.87. The first-order valence-electron chi connectivity index (χ1n) is 5.08. The Morgan fingerprint density at radius 2 is 2.22 bits per heavy atom. The number of carbonyl (C=O) groups is 2. The number of anilines is 1. The Bertz CT molecular complexity index is 444. The van der Waals surface area contributed by atoms with Crippen molar-refractivity contribution in [2.45, 2.75) is 0 Å². The third kappa shape index (κ3) is 3.55. The molecule has 0 amide bonds. The summed E-state index contributed by atoms with van der Waals surface area (Å²) in [5.74, 6) is -1.23. The number of methoxy groups -OCH3 is 1. The van der Waals surface area contributed by atoms with Gasteiger partial charge in [-0.1, -0.05) is 6.08 Å². The van der Waals surface area contributed by atoms with Gasteiger partial charge in [-0.25, -0.2) is 4.79 Å². The van der Waals surface area contributed by atoms with Crippen LogP contribution in [-0.4, -0.2) is 47.4 Å². The number of aromatic nitrogens is 2. The van der Waals surface area contributed by atoms with Crippen molar-refractivity contribution < 1.29 is 19.4 Å². The summed E-state index contributed by atoms with van der Waals surface area (Å²) in [6, 6.07) is 2.93. The standard InChI is InChI=1S/C11H13N3O4/c1-3-6-14(7-10(15)16)9-5-4-8(12-13-9)11(17)18-2/h3-5H,1,6-7H2,2H3,(H,15,16). The van der Waals surface area contributed by atoms with Crippen molar-refractivity contribution in [2.75, 3.05) is 25.1 Å². The van der Waals surface area contributed by atoms with Gasteiger partial charge in [-0.3, -0.25) is 4.79 Å². The van der Waals surface area contributed by atoms with Crippen molar-refractivity contribution >= 4 is 17.8 Å². The molecule has 0 unspecified atom stereocenters.